The standard InChI is InChI=1S/C16H17N5O/c1-2-18-16-20-14(12-5-3-7-17-10-12)9-15(21-16)19-11-13-6-4-8-22-13/h3-10H,2,11H2,1H3,(H2,18,19,20,21). The lowest BCUT2D eigenvalue weighted by Crippen LogP contribution is -2.07. The Labute approximate surface area is 128 Å². The van der Waals surface area contributed by atoms with Crippen LogP contribution in [0, 0.1) is 0 Å². The highest BCUT2D eigenvalue weighted by Gasteiger charge is 2.07. The number of furan rings is 1. The maximum atomic E-state index is 5.32. The molecule has 3 aromatic heterocycles. The molecule has 22 heavy (non-hydrogen) atoms. The highest BCUT2D eigenvalue weighted by molar-refractivity contribution is 5.63. The van der Waals surface area contributed by atoms with Crippen LogP contribution in [0.1, 0.15) is 12.7 Å². The lowest BCUT2D eigenvalue weighted by Gasteiger charge is -2.10. The SMILES string of the molecule is CCNc1nc(NCc2ccco2)cc(-c2cccnc2)n1. The molecule has 0 saturated carbocycles. The minimum atomic E-state index is 0.571. The molecule has 0 atom stereocenters. The molecule has 0 aliphatic rings. The van der Waals surface area contributed by atoms with Crippen molar-refractivity contribution in [3.05, 3.63) is 54.7 Å². The second-order valence-electron chi connectivity index (χ2n) is 4.67. The Bertz CT molecular complexity index is 713. The summed E-state index contributed by atoms with van der Waals surface area (Å²) in [6.07, 6.45) is 5.18. The van der Waals surface area contributed by atoms with Gasteiger partial charge in [-0.1, -0.05) is 0 Å². The Morgan fingerprint density at radius 1 is 1.14 bits per heavy atom. The van der Waals surface area contributed by atoms with Gasteiger partial charge in [-0.15, -0.1) is 0 Å². The number of hydrogen-bond acceptors (Lipinski definition) is 6. The van der Waals surface area contributed by atoms with Gasteiger partial charge in [0.1, 0.15) is 11.6 Å². The number of rotatable bonds is 6. The van der Waals surface area contributed by atoms with E-state index in [1.807, 2.05) is 37.3 Å². The van der Waals surface area contributed by atoms with Crippen LogP contribution in [-0.4, -0.2) is 21.5 Å². The molecule has 0 aliphatic carbocycles. The minimum absolute atomic E-state index is 0.571. The molecular formula is C16H17N5O. The summed E-state index contributed by atoms with van der Waals surface area (Å²) in [6.45, 7) is 3.34. The molecule has 6 nitrogen and oxygen atoms in total. The number of nitrogens with zero attached hydrogens (tertiary/aromatic N) is 3. The minimum Gasteiger partial charge on any atom is -0.467 e. The van der Waals surface area contributed by atoms with Gasteiger partial charge in [0.05, 0.1) is 18.5 Å². The number of pyridine rings is 1. The van der Waals surface area contributed by atoms with Crippen molar-refractivity contribution in [1.29, 1.82) is 0 Å². The van der Waals surface area contributed by atoms with Crippen LogP contribution in [0.15, 0.2) is 53.4 Å². The molecule has 3 heterocycles. The number of aromatic nitrogens is 3. The topological polar surface area (TPSA) is 75.9 Å². The summed E-state index contributed by atoms with van der Waals surface area (Å²) in [4.78, 5) is 13.1. The van der Waals surface area contributed by atoms with Crippen molar-refractivity contribution in [3.63, 3.8) is 0 Å². The molecule has 0 bridgehead atoms. The highest BCUT2D eigenvalue weighted by atomic mass is 16.3. The Morgan fingerprint density at radius 2 is 2.09 bits per heavy atom. The van der Waals surface area contributed by atoms with Crippen LogP contribution in [0.25, 0.3) is 11.3 Å². The van der Waals surface area contributed by atoms with Crippen LogP contribution in [0.5, 0.6) is 0 Å². The Hall–Kier alpha value is -2.89. The van der Waals surface area contributed by atoms with E-state index in [0.29, 0.717) is 12.5 Å². The molecule has 0 aromatic carbocycles. The van der Waals surface area contributed by atoms with E-state index in [1.54, 1.807) is 18.7 Å². The molecule has 3 aromatic rings. The molecule has 0 unspecified atom stereocenters. The molecule has 2 N–H and O–H groups in total. The summed E-state index contributed by atoms with van der Waals surface area (Å²) < 4.78 is 5.32. The molecule has 0 radical (unpaired) electrons. The largest absolute Gasteiger partial charge is 0.467 e. The molecule has 6 heteroatoms. The predicted molar refractivity (Wildman–Crippen MR) is 85.5 cm³/mol. The van der Waals surface area contributed by atoms with E-state index in [-0.39, 0.29) is 0 Å². The van der Waals surface area contributed by atoms with Crippen molar-refractivity contribution < 1.29 is 4.42 Å². The zero-order valence-electron chi connectivity index (χ0n) is 12.3. The fraction of sp³-hybridized carbons (Fsp3) is 0.188. The Balaban J connectivity index is 1.86. The quantitative estimate of drug-likeness (QED) is 0.727. The van der Waals surface area contributed by atoms with Crippen molar-refractivity contribution in [2.75, 3.05) is 17.2 Å². The Kier molecular flexibility index (Phi) is 4.29. The van der Waals surface area contributed by atoms with Crippen molar-refractivity contribution >= 4 is 11.8 Å². The van der Waals surface area contributed by atoms with E-state index in [1.165, 1.54) is 0 Å². The fourth-order valence-corrected chi connectivity index (χ4v) is 2.03. The summed E-state index contributed by atoms with van der Waals surface area (Å²) in [6, 6.07) is 9.55. The van der Waals surface area contributed by atoms with E-state index in [4.69, 9.17) is 4.42 Å². The molecule has 112 valence electrons. The van der Waals surface area contributed by atoms with E-state index in [9.17, 15) is 0 Å². The second-order valence-corrected chi connectivity index (χ2v) is 4.67. The first kappa shape index (κ1) is 14.1. The van der Waals surface area contributed by atoms with Gasteiger partial charge in [0.2, 0.25) is 5.95 Å². The molecule has 3 rings (SSSR count). The van der Waals surface area contributed by atoms with E-state index >= 15 is 0 Å². The summed E-state index contributed by atoms with van der Waals surface area (Å²) in [5.41, 5.74) is 1.77. The van der Waals surface area contributed by atoms with Crippen LogP contribution in [0.4, 0.5) is 11.8 Å². The number of anilines is 2. The van der Waals surface area contributed by atoms with Gasteiger partial charge in [-0.25, -0.2) is 4.98 Å². The van der Waals surface area contributed by atoms with Gasteiger partial charge in [-0.05, 0) is 31.2 Å². The van der Waals surface area contributed by atoms with Crippen molar-refractivity contribution in [1.82, 2.24) is 15.0 Å². The summed E-state index contributed by atoms with van der Waals surface area (Å²) in [5, 5.41) is 6.40. The monoisotopic (exact) mass is 295 g/mol. The van der Waals surface area contributed by atoms with Crippen LogP contribution in [0.3, 0.4) is 0 Å². The third-order valence-electron chi connectivity index (χ3n) is 3.04. The zero-order valence-corrected chi connectivity index (χ0v) is 12.3. The van der Waals surface area contributed by atoms with E-state index in [2.05, 4.69) is 25.6 Å². The molecule has 0 amide bonds. The number of nitrogens with one attached hydrogen (secondary N) is 2. The summed E-state index contributed by atoms with van der Waals surface area (Å²) in [5.74, 6) is 2.18. The van der Waals surface area contributed by atoms with Crippen LogP contribution in [-0.2, 0) is 6.54 Å². The second kappa shape index (κ2) is 6.71. The van der Waals surface area contributed by atoms with Crippen molar-refractivity contribution in [2.45, 2.75) is 13.5 Å². The molecule has 0 aliphatic heterocycles. The van der Waals surface area contributed by atoms with Crippen LogP contribution in [0.2, 0.25) is 0 Å². The molecule has 0 fully saturated rings. The van der Waals surface area contributed by atoms with Gasteiger partial charge in [0.15, 0.2) is 0 Å². The maximum Gasteiger partial charge on any atom is 0.225 e. The van der Waals surface area contributed by atoms with Crippen molar-refractivity contribution in [3.8, 4) is 11.3 Å². The summed E-state index contributed by atoms with van der Waals surface area (Å²) >= 11 is 0. The Morgan fingerprint density at radius 3 is 2.82 bits per heavy atom. The van der Waals surface area contributed by atoms with Crippen LogP contribution >= 0.6 is 0 Å². The van der Waals surface area contributed by atoms with E-state index in [0.717, 1.165) is 29.4 Å². The number of hydrogen-bond donors (Lipinski definition) is 2. The predicted octanol–water partition coefficient (Wildman–Crippen LogP) is 3.18. The first-order valence-corrected chi connectivity index (χ1v) is 7.15. The normalized spacial score (nSPS) is 10.4. The lowest BCUT2D eigenvalue weighted by atomic mass is 10.2. The average Bonchev–Trinajstić information content (AvgIpc) is 3.07. The molecular weight excluding hydrogens is 278 g/mol. The van der Waals surface area contributed by atoms with Gasteiger partial charge in [-0.3, -0.25) is 4.98 Å². The van der Waals surface area contributed by atoms with Gasteiger partial charge < -0.3 is 15.1 Å². The van der Waals surface area contributed by atoms with Gasteiger partial charge >= 0.3 is 0 Å². The maximum absolute atomic E-state index is 5.32. The lowest BCUT2D eigenvalue weighted by molar-refractivity contribution is 0.518. The zero-order chi connectivity index (χ0) is 15.2. The summed E-state index contributed by atoms with van der Waals surface area (Å²) in [7, 11) is 0. The van der Waals surface area contributed by atoms with Crippen LogP contribution < -0.4 is 10.6 Å². The smallest absolute Gasteiger partial charge is 0.225 e. The molecule has 0 saturated heterocycles. The van der Waals surface area contributed by atoms with Gasteiger partial charge in [0, 0.05) is 30.6 Å². The fourth-order valence-electron chi connectivity index (χ4n) is 2.03. The third kappa shape index (κ3) is 3.41. The van der Waals surface area contributed by atoms with E-state index < -0.39 is 0 Å². The van der Waals surface area contributed by atoms with Gasteiger partial charge in [-0.2, -0.15) is 4.98 Å². The average molecular weight is 295 g/mol. The first-order chi connectivity index (χ1) is 10.8. The third-order valence-corrected chi connectivity index (χ3v) is 3.04. The van der Waals surface area contributed by atoms with Crippen molar-refractivity contribution in [2.24, 2.45) is 0 Å². The first-order valence-electron chi connectivity index (χ1n) is 7.15. The van der Waals surface area contributed by atoms with Gasteiger partial charge in [0.25, 0.3) is 0 Å². The highest BCUT2D eigenvalue weighted by Crippen LogP contribution is 2.21. The molecule has 0 spiro atoms.